The minimum absolute atomic E-state index is 0.118. The molecule has 1 atom stereocenters. The Labute approximate surface area is 49.1 Å². The lowest BCUT2D eigenvalue weighted by molar-refractivity contribution is -0.114. The van der Waals surface area contributed by atoms with E-state index in [1.807, 2.05) is 0 Å². The van der Waals surface area contributed by atoms with Crippen molar-refractivity contribution in [3.63, 3.8) is 0 Å². The zero-order valence-corrected chi connectivity index (χ0v) is 5.75. The second-order valence-electron chi connectivity index (χ2n) is 1.85. The average Bonchev–Trinajstić information content (AvgIpc) is 1.21. The molecule has 0 saturated carbocycles. The molecule has 8 heavy (non-hydrogen) atoms. The van der Waals surface area contributed by atoms with Crippen LogP contribution in [0.1, 0.15) is 6.92 Å². The molecular formula is C4H9NO2S. The Morgan fingerprint density at radius 1 is 1.75 bits per heavy atom. The summed E-state index contributed by atoms with van der Waals surface area (Å²) in [5.41, 5.74) is 0. The SMILES string of the molecule is CC(=O)CS(C)(=N)=O. The Hall–Kier alpha value is -0.380. The van der Waals surface area contributed by atoms with Crippen molar-refractivity contribution in [1.29, 1.82) is 4.78 Å². The molecular weight excluding hydrogens is 126 g/mol. The lowest BCUT2D eigenvalue weighted by Crippen LogP contribution is -2.08. The van der Waals surface area contributed by atoms with E-state index >= 15 is 0 Å². The number of hydrogen-bond donors (Lipinski definition) is 1. The smallest absolute Gasteiger partial charge is 0.143 e. The van der Waals surface area contributed by atoms with Gasteiger partial charge in [-0.3, -0.25) is 9.57 Å². The lowest BCUT2D eigenvalue weighted by Gasteiger charge is -1.91. The highest BCUT2D eigenvalue weighted by Crippen LogP contribution is 1.83. The van der Waals surface area contributed by atoms with Gasteiger partial charge in [0.05, 0.1) is 5.75 Å². The summed E-state index contributed by atoms with van der Waals surface area (Å²) >= 11 is 0. The van der Waals surface area contributed by atoms with E-state index in [-0.39, 0.29) is 11.5 Å². The molecule has 0 bridgehead atoms. The van der Waals surface area contributed by atoms with Gasteiger partial charge in [0.1, 0.15) is 5.78 Å². The summed E-state index contributed by atoms with van der Waals surface area (Å²) < 4.78 is 17.2. The highest BCUT2D eigenvalue weighted by Gasteiger charge is 1.99. The van der Waals surface area contributed by atoms with Gasteiger partial charge in [-0.15, -0.1) is 0 Å². The molecule has 0 aliphatic heterocycles. The first kappa shape index (κ1) is 7.62. The molecule has 0 spiro atoms. The fraction of sp³-hybridized carbons (Fsp3) is 0.750. The molecule has 3 nitrogen and oxygen atoms in total. The molecule has 0 radical (unpaired) electrons. The third kappa shape index (κ3) is 5.62. The summed E-state index contributed by atoms with van der Waals surface area (Å²) in [6, 6.07) is 0. The van der Waals surface area contributed by atoms with Gasteiger partial charge in [-0.05, 0) is 6.92 Å². The molecule has 0 aliphatic carbocycles. The maximum Gasteiger partial charge on any atom is 0.143 e. The number of hydrogen-bond acceptors (Lipinski definition) is 3. The van der Waals surface area contributed by atoms with Crippen molar-refractivity contribution in [3.8, 4) is 0 Å². The molecule has 0 rings (SSSR count). The molecule has 0 fully saturated rings. The van der Waals surface area contributed by atoms with Crippen molar-refractivity contribution < 1.29 is 9.00 Å². The Bertz CT molecular complexity index is 180. The second kappa shape index (κ2) is 2.26. The highest BCUT2D eigenvalue weighted by atomic mass is 32.2. The third-order valence-corrected chi connectivity index (χ3v) is 1.44. The largest absolute Gasteiger partial charge is 0.299 e. The first-order chi connectivity index (χ1) is 3.42. The summed E-state index contributed by atoms with van der Waals surface area (Å²) in [7, 11) is -2.57. The first-order valence-corrected chi connectivity index (χ1v) is 4.26. The maximum atomic E-state index is 10.4. The van der Waals surface area contributed by atoms with Crippen LogP contribution < -0.4 is 0 Å². The quantitative estimate of drug-likeness (QED) is 0.590. The van der Waals surface area contributed by atoms with Gasteiger partial charge in [-0.25, -0.2) is 4.21 Å². The Balaban J connectivity index is 3.95. The van der Waals surface area contributed by atoms with E-state index in [2.05, 4.69) is 0 Å². The monoisotopic (exact) mass is 135 g/mol. The fourth-order valence-electron chi connectivity index (χ4n) is 0.388. The van der Waals surface area contributed by atoms with E-state index in [1.165, 1.54) is 13.2 Å². The molecule has 0 aromatic carbocycles. The minimum Gasteiger partial charge on any atom is -0.299 e. The van der Waals surface area contributed by atoms with Gasteiger partial charge in [0.15, 0.2) is 0 Å². The van der Waals surface area contributed by atoms with Gasteiger partial charge >= 0.3 is 0 Å². The van der Waals surface area contributed by atoms with E-state index in [1.54, 1.807) is 0 Å². The predicted octanol–water partition coefficient (Wildman–Crippen LogP) is 0.252. The van der Waals surface area contributed by atoms with Gasteiger partial charge in [0.2, 0.25) is 0 Å². The van der Waals surface area contributed by atoms with E-state index in [0.29, 0.717) is 0 Å². The molecule has 0 saturated heterocycles. The lowest BCUT2D eigenvalue weighted by atomic mass is 10.5. The summed E-state index contributed by atoms with van der Waals surface area (Å²) in [4.78, 5) is 10.2. The molecule has 48 valence electrons. The highest BCUT2D eigenvalue weighted by molar-refractivity contribution is 7.92. The Morgan fingerprint density at radius 2 is 2.12 bits per heavy atom. The van der Waals surface area contributed by atoms with Crippen LogP contribution in [0.2, 0.25) is 0 Å². The second-order valence-corrected chi connectivity index (χ2v) is 4.15. The van der Waals surface area contributed by atoms with Crippen molar-refractivity contribution in [1.82, 2.24) is 0 Å². The zero-order chi connectivity index (χ0) is 6.78. The van der Waals surface area contributed by atoms with Crippen molar-refractivity contribution in [2.45, 2.75) is 6.92 Å². The van der Waals surface area contributed by atoms with Gasteiger partial charge in [0, 0.05) is 16.0 Å². The van der Waals surface area contributed by atoms with Crippen LogP contribution in [0.25, 0.3) is 0 Å². The molecule has 1 N–H and O–H groups in total. The van der Waals surface area contributed by atoms with Gasteiger partial charge < -0.3 is 0 Å². The molecule has 4 heteroatoms. The van der Waals surface area contributed by atoms with Crippen LogP contribution in [0, 0.1) is 4.78 Å². The number of rotatable bonds is 2. The minimum atomic E-state index is -2.57. The number of carbonyl (C=O) groups excluding carboxylic acids is 1. The van der Waals surface area contributed by atoms with Crippen LogP contribution in [0.15, 0.2) is 0 Å². The number of Topliss-reactive ketones (excluding diaryl/α,β-unsaturated/α-hetero) is 1. The van der Waals surface area contributed by atoms with Crippen LogP contribution in [-0.2, 0) is 14.5 Å². The van der Waals surface area contributed by atoms with Crippen molar-refractivity contribution >= 4 is 15.5 Å². The van der Waals surface area contributed by atoms with Crippen LogP contribution in [0.4, 0.5) is 0 Å². The van der Waals surface area contributed by atoms with Gasteiger partial charge in [0.25, 0.3) is 0 Å². The van der Waals surface area contributed by atoms with Gasteiger partial charge in [-0.2, -0.15) is 0 Å². The summed E-state index contributed by atoms with van der Waals surface area (Å²) in [6.07, 6.45) is 1.26. The standard InChI is InChI=1S/C4H9NO2S/c1-4(6)3-8(2,5)7/h5H,3H2,1-2H3. The van der Waals surface area contributed by atoms with Crippen molar-refractivity contribution in [2.24, 2.45) is 0 Å². The molecule has 1 unspecified atom stereocenters. The van der Waals surface area contributed by atoms with Crippen LogP contribution in [0.5, 0.6) is 0 Å². The molecule has 0 heterocycles. The van der Waals surface area contributed by atoms with Crippen LogP contribution in [-0.4, -0.2) is 22.0 Å². The molecule has 0 aliphatic rings. The topological polar surface area (TPSA) is 58.0 Å². The summed E-state index contributed by atoms with van der Waals surface area (Å²) in [5, 5.41) is 0. The zero-order valence-electron chi connectivity index (χ0n) is 4.93. The average molecular weight is 135 g/mol. The predicted molar refractivity (Wildman–Crippen MR) is 32.3 cm³/mol. The number of carbonyl (C=O) groups is 1. The first-order valence-electron chi connectivity index (χ1n) is 2.13. The molecule has 0 aromatic rings. The van der Waals surface area contributed by atoms with Gasteiger partial charge in [-0.1, -0.05) is 0 Å². The third-order valence-electron chi connectivity index (χ3n) is 0.479. The molecule has 0 amide bonds. The normalized spacial score (nSPS) is 17.2. The van der Waals surface area contributed by atoms with E-state index in [4.69, 9.17) is 4.78 Å². The fourth-order valence-corrected chi connectivity index (χ4v) is 1.16. The maximum absolute atomic E-state index is 10.4. The number of ketones is 1. The Kier molecular flexibility index (Phi) is 2.15. The van der Waals surface area contributed by atoms with Crippen LogP contribution in [0.3, 0.4) is 0 Å². The number of nitrogens with one attached hydrogen (secondary N) is 1. The Morgan fingerprint density at radius 3 is 2.12 bits per heavy atom. The van der Waals surface area contributed by atoms with E-state index < -0.39 is 9.73 Å². The van der Waals surface area contributed by atoms with E-state index in [0.717, 1.165) is 0 Å². The summed E-state index contributed by atoms with van der Waals surface area (Å²) in [5.74, 6) is -0.306. The van der Waals surface area contributed by atoms with Crippen molar-refractivity contribution in [3.05, 3.63) is 0 Å². The van der Waals surface area contributed by atoms with E-state index in [9.17, 15) is 9.00 Å². The van der Waals surface area contributed by atoms with Crippen molar-refractivity contribution in [2.75, 3.05) is 12.0 Å². The molecule has 0 aromatic heterocycles. The summed E-state index contributed by atoms with van der Waals surface area (Å²) in [6.45, 7) is 1.33. The van der Waals surface area contributed by atoms with Crippen LogP contribution >= 0.6 is 0 Å².